The van der Waals surface area contributed by atoms with Crippen LogP contribution in [-0.2, 0) is 7.05 Å². The van der Waals surface area contributed by atoms with Gasteiger partial charge < -0.3 is 14.8 Å². The number of anilines is 1. The van der Waals surface area contributed by atoms with Gasteiger partial charge in [0.05, 0.1) is 5.56 Å². The number of benzene rings is 1. The predicted octanol–water partition coefficient (Wildman–Crippen LogP) is 1.48. The lowest BCUT2D eigenvalue weighted by Gasteiger charge is -2.13. The van der Waals surface area contributed by atoms with Gasteiger partial charge in [-0.05, 0) is 24.3 Å². The van der Waals surface area contributed by atoms with Gasteiger partial charge in [-0.1, -0.05) is 6.07 Å². The van der Waals surface area contributed by atoms with Crippen LogP contribution in [0, 0.1) is 5.82 Å². The molecule has 0 saturated heterocycles. The highest BCUT2D eigenvalue weighted by Crippen LogP contribution is 2.10. The van der Waals surface area contributed by atoms with Gasteiger partial charge in [-0.2, -0.15) is 0 Å². The van der Waals surface area contributed by atoms with Crippen LogP contribution in [0.5, 0.6) is 0 Å². The molecule has 0 aliphatic heterocycles. The van der Waals surface area contributed by atoms with Crippen molar-refractivity contribution in [3.05, 3.63) is 63.8 Å². The number of amides is 2. The Hall–Kier alpha value is -2.96. The minimum absolute atomic E-state index is 0.0468. The molecule has 6 nitrogen and oxygen atoms in total. The molecule has 0 bridgehead atoms. The van der Waals surface area contributed by atoms with Gasteiger partial charge in [0.25, 0.3) is 17.4 Å². The highest BCUT2D eigenvalue weighted by atomic mass is 19.1. The average molecular weight is 317 g/mol. The summed E-state index contributed by atoms with van der Waals surface area (Å²) in [7, 11) is 4.64. The van der Waals surface area contributed by atoms with Crippen molar-refractivity contribution >= 4 is 17.5 Å². The summed E-state index contributed by atoms with van der Waals surface area (Å²) in [6, 6.07) is 6.41. The fraction of sp³-hybridized carbons (Fsp3) is 0.188. The van der Waals surface area contributed by atoms with Crippen molar-refractivity contribution in [3.8, 4) is 0 Å². The van der Waals surface area contributed by atoms with E-state index in [1.54, 1.807) is 14.1 Å². The highest BCUT2D eigenvalue weighted by molar-refractivity contribution is 6.04. The molecular formula is C16H16FN3O3. The SMILES string of the molecule is CN(C)C(=O)c1cc(NC(=O)c2cccc(F)c2)c(=O)n(C)c1. The quantitative estimate of drug-likeness (QED) is 0.932. The lowest BCUT2D eigenvalue weighted by Crippen LogP contribution is -2.28. The van der Waals surface area contributed by atoms with Crippen molar-refractivity contribution in [2.24, 2.45) is 7.05 Å². The second-order valence-electron chi connectivity index (χ2n) is 5.22. The van der Waals surface area contributed by atoms with Crippen molar-refractivity contribution in [2.45, 2.75) is 0 Å². The molecule has 2 amide bonds. The van der Waals surface area contributed by atoms with Crippen LogP contribution < -0.4 is 10.9 Å². The summed E-state index contributed by atoms with van der Waals surface area (Å²) < 4.78 is 14.4. The molecular weight excluding hydrogens is 301 g/mol. The van der Waals surface area contributed by atoms with Crippen LogP contribution >= 0.6 is 0 Å². The monoisotopic (exact) mass is 317 g/mol. The van der Waals surface area contributed by atoms with Gasteiger partial charge in [-0.25, -0.2) is 4.39 Å². The minimum Gasteiger partial charge on any atom is -0.345 e. The smallest absolute Gasteiger partial charge is 0.274 e. The zero-order valence-corrected chi connectivity index (χ0v) is 13.0. The number of carbonyl (C=O) groups is 2. The van der Waals surface area contributed by atoms with E-state index < -0.39 is 17.3 Å². The maximum Gasteiger partial charge on any atom is 0.274 e. The van der Waals surface area contributed by atoms with E-state index in [1.165, 1.54) is 47.0 Å². The van der Waals surface area contributed by atoms with Crippen LogP contribution in [0.25, 0.3) is 0 Å². The molecule has 0 aliphatic carbocycles. The van der Waals surface area contributed by atoms with Gasteiger partial charge in [-0.15, -0.1) is 0 Å². The van der Waals surface area contributed by atoms with Crippen LogP contribution in [-0.4, -0.2) is 35.4 Å². The van der Waals surface area contributed by atoms with Crippen LogP contribution in [0.15, 0.2) is 41.3 Å². The Morgan fingerprint density at radius 1 is 1.17 bits per heavy atom. The van der Waals surface area contributed by atoms with Crippen LogP contribution in [0.2, 0.25) is 0 Å². The number of hydrogen-bond donors (Lipinski definition) is 1. The number of rotatable bonds is 3. The van der Waals surface area contributed by atoms with Crippen molar-refractivity contribution in [1.82, 2.24) is 9.47 Å². The fourth-order valence-electron chi connectivity index (χ4n) is 2.00. The Bertz CT molecular complexity index is 828. The van der Waals surface area contributed by atoms with Gasteiger partial charge in [0.15, 0.2) is 0 Å². The molecule has 2 rings (SSSR count). The first-order valence-electron chi connectivity index (χ1n) is 6.79. The molecule has 0 aliphatic rings. The van der Waals surface area contributed by atoms with E-state index in [1.807, 2.05) is 0 Å². The molecule has 2 aromatic rings. The topological polar surface area (TPSA) is 71.4 Å². The molecule has 23 heavy (non-hydrogen) atoms. The Kier molecular flexibility index (Phi) is 4.59. The van der Waals surface area contributed by atoms with Crippen LogP contribution in [0.4, 0.5) is 10.1 Å². The van der Waals surface area contributed by atoms with Crippen molar-refractivity contribution in [2.75, 3.05) is 19.4 Å². The summed E-state index contributed by atoms with van der Waals surface area (Å²) in [5, 5.41) is 2.42. The number of carbonyl (C=O) groups excluding carboxylic acids is 2. The molecule has 120 valence electrons. The van der Waals surface area contributed by atoms with E-state index in [-0.39, 0.29) is 22.7 Å². The van der Waals surface area contributed by atoms with Crippen LogP contribution in [0.1, 0.15) is 20.7 Å². The average Bonchev–Trinajstić information content (AvgIpc) is 2.50. The molecule has 0 spiro atoms. The van der Waals surface area contributed by atoms with Crippen LogP contribution in [0.3, 0.4) is 0 Å². The Labute approximate surface area is 132 Å². The van der Waals surface area contributed by atoms with Gasteiger partial charge in [0.1, 0.15) is 11.5 Å². The number of nitrogens with zero attached hydrogens (tertiary/aromatic N) is 2. The minimum atomic E-state index is -0.629. The molecule has 1 heterocycles. The number of aryl methyl sites for hydroxylation is 1. The predicted molar refractivity (Wildman–Crippen MR) is 84.1 cm³/mol. The molecule has 0 atom stereocenters. The second kappa shape index (κ2) is 6.43. The first-order chi connectivity index (χ1) is 10.8. The van der Waals surface area contributed by atoms with E-state index in [0.717, 1.165) is 6.07 Å². The van der Waals surface area contributed by atoms with Gasteiger partial charge >= 0.3 is 0 Å². The number of hydrogen-bond acceptors (Lipinski definition) is 3. The Morgan fingerprint density at radius 2 is 1.87 bits per heavy atom. The molecule has 1 aromatic carbocycles. The molecule has 0 saturated carbocycles. The molecule has 1 N–H and O–H groups in total. The highest BCUT2D eigenvalue weighted by Gasteiger charge is 2.15. The van der Waals surface area contributed by atoms with Crippen molar-refractivity contribution in [3.63, 3.8) is 0 Å². The summed E-state index contributed by atoms with van der Waals surface area (Å²) in [5.41, 5.74) is -0.178. The lowest BCUT2D eigenvalue weighted by atomic mass is 10.2. The van der Waals surface area contributed by atoms with Gasteiger partial charge in [0, 0.05) is 32.9 Å². The Morgan fingerprint density at radius 3 is 2.48 bits per heavy atom. The van der Waals surface area contributed by atoms with E-state index in [2.05, 4.69) is 5.32 Å². The summed E-state index contributed by atoms with van der Waals surface area (Å²) in [5.74, 6) is -1.49. The van der Waals surface area contributed by atoms with Gasteiger partial charge in [-0.3, -0.25) is 14.4 Å². The first kappa shape index (κ1) is 16.4. The van der Waals surface area contributed by atoms with E-state index >= 15 is 0 Å². The largest absolute Gasteiger partial charge is 0.345 e. The molecule has 0 fully saturated rings. The number of aromatic nitrogens is 1. The maximum atomic E-state index is 13.2. The van der Waals surface area contributed by atoms with E-state index in [4.69, 9.17) is 0 Å². The first-order valence-corrected chi connectivity index (χ1v) is 6.79. The van der Waals surface area contributed by atoms with Crippen molar-refractivity contribution < 1.29 is 14.0 Å². The van der Waals surface area contributed by atoms with Gasteiger partial charge in [0.2, 0.25) is 0 Å². The standard InChI is InChI=1S/C16H16FN3O3/c1-19(2)15(22)11-8-13(16(23)20(3)9-11)18-14(21)10-5-4-6-12(17)7-10/h4-9H,1-3H3,(H,18,21). The zero-order chi connectivity index (χ0) is 17.1. The maximum absolute atomic E-state index is 13.2. The third-order valence-electron chi connectivity index (χ3n) is 3.17. The summed E-state index contributed by atoms with van der Waals surface area (Å²) in [4.78, 5) is 37.6. The number of nitrogens with one attached hydrogen (secondary N) is 1. The third kappa shape index (κ3) is 3.63. The summed E-state index contributed by atoms with van der Waals surface area (Å²) in [6.07, 6.45) is 1.39. The summed E-state index contributed by atoms with van der Waals surface area (Å²) in [6.45, 7) is 0. The summed E-state index contributed by atoms with van der Waals surface area (Å²) >= 11 is 0. The van der Waals surface area contributed by atoms with E-state index in [9.17, 15) is 18.8 Å². The molecule has 0 unspecified atom stereocenters. The van der Waals surface area contributed by atoms with Crippen molar-refractivity contribution in [1.29, 1.82) is 0 Å². The lowest BCUT2D eigenvalue weighted by molar-refractivity contribution is 0.0826. The van der Waals surface area contributed by atoms with E-state index in [0.29, 0.717) is 0 Å². The second-order valence-corrected chi connectivity index (χ2v) is 5.22. The third-order valence-corrected chi connectivity index (χ3v) is 3.17. The zero-order valence-electron chi connectivity index (χ0n) is 13.0. The Balaban J connectivity index is 2.37. The molecule has 7 heteroatoms. The normalized spacial score (nSPS) is 10.3. The molecule has 0 radical (unpaired) electrons. The number of halogens is 1. The fourth-order valence-corrected chi connectivity index (χ4v) is 2.00. The number of pyridine rings is 1. The molecule has 1 aromatic heterocycles.